The Morgan fingerprint density at radius 1 is 1.30 bits per heavy atom. The summed E-state index contributed by atoms with van der Waals surface area (Å²) < 4.78 is 0. The van der Waals surface area contributed by atoms with Gasteiger partial charge in [0, 0.05) is 12.2 Å². The predicted octanol–water partition coefficient (Wildman–Crippen LogP) is 4.05. The largest absolute Gasteiger partial charge is 0.481 e. The van der Waals surface area contributed by atoms with E-state index < -0.39 is 11.9 Å². The lowest BCUT2D eigenvalue weighted by molar-refractivity contribution is -0.146. The number of hydrogen-bond acceptors (Lipinski definition) is 2. The van der Waals surface area contributed by atoms with Crippen LogP contribution in [-0.2, 0) is 16.0 Å². The maximum absolute atomic E-state index is 12.2. The second kappa shape index (κ2) is 7.62. The van der Waals surface area contributed by atoms with Gasteiger partial charge < -0.3 is 10.0 Å². The molecule has 4 nitrogen and oxygen atoms in total. The molecule has 1 amide bonds. The Morgan fingerprint density at radius 3 is 2.35 bits per heavy atom. The molecule has 0 aromatic heterocycles. The molecule has 0 spiro atoms. The molecule has 1 heterocycles. The zero-order valence-corrected chi connectivity index (χ0v) is 15.1. The number of rotatable bonds is 2. The summed E-state index contributed by atoms with van der Waals surface area (Å²) in [7, 11) is 0. The van der Waals surface area contributed by atoms with E-state index in [-0.39, 0.29) is 5.91 Å². The number of carbonyl (C=O) groups is 2. The third kappa shape index (κ3) is 5.70. The molecule has 0 aliphatic carbocycles. The molecule has 2 rings (SSSR count). The van der Waals surface area contributed by atoms with Crippen LogP contribution in [0.5, 0.6) is 0 Å². The lowest BCUT2D eigenvalue weighted by Crippen LogP contribution is -2.38. The molecule has 128 valence electrons. The summed E-state index contributed by atoms with van der Waals surface area (Å²) in [4.78, 5) is 25.0. The number of fused-ring (bicyclic) bond motifs is 1. The van der Waals surface area contributed by atoms with Crippen molar-refractivity contribution in [1.82, 2.24) is 0 Å². The van der Waals surface area contributed by atoms with E-state index >= 15 is 0 Å². The van der Waals surface area contributed by atoms with Crippen LogP contribution >= 0.6 is 0 Å². The van der Waals surface area contributed by atoms with Crippen LogP contribution in [0.2, 0.25) is 0 Å². The van der Waals surface area contributed by atoms with Crippen LogP contribution in [0.3, 0.4) is 0 Å². The van der Waals surface area contributed by atoms with E-state index in [9.17, 15) is 9.59 Å². The fourth-order valence-electron chi connectivity index (χ4n) is 2.42. The molecule has 1 aromatic rings. The highest BCUT2D eigenvalue weighted by molar-refractivity contribution is 6.06. The summed E-state index contributed by atoms with van der Waals surface area (Å²) in [6, 6.07) is 5.95. The van der Waals surface area contributed by atoms with Crippen molar-refractivity contribution in [3.8, 4) is 0 Å². The van der Waals surface area contributed by atoms with Crippen molar-refractivity contribution in [2.24, 2.45) is 11.3 Å². The maximum Gasteiger partial charge on any atom is 0.316 e. The molecule has 0 bridgehead atoms. The SMILES string of the molecule is CC(C)(C)C.CCN1C(=O)C(C(=O)O)CCc2ccc(C)cc21. The van der Waals surface area contributed by atoms with E-state index in [4.69, 9.17) is 5.11 Å². The van der Waals surface area contributed by atoms with E-state index in [1.165, 1.54) is 0 Å². The molecule has 0 fully saturated rings. The number of aryl methyl sites for hydroxylation is 2. The minimum Gasteiger partial charge on any atom is -0.481 e. The number of hydrogen-bond donors (Lipinski definition) is 1. The summed E-state index contributed by atoms with van der Waals surface area (Å²) in [5.74, 6) is -2.24. The number of carboxylic acid groups (broad SMARTS) is 1. The Hall–Kier alpha value is -1.84. The van der Waals surface area contributed by atoms with Crippen LogP contribution in [0.1, 0.15) is 52.2 Å². The number of aliphatic carboxylic acids is 1. The summed E-state index contributed by atoms with van der Waals surface area (Å²) in [5, 5.41) is 9.13. The van der Waals surface area contributed by atoms with Gasteiger partial charge in [-0.2, -0.15) is 0 Å². The average molecular weight is 319 g/mol. The van der Waals surface area contributed by atoms with Crippen LogP contribution in [0, 0.1) is 18.3 Å². The van der Waals surface area contributed by atoms with Crippen LogP contribution in [0.4, 0.5) is 5.69 Å². The molecule has 0 saturated heterocycles. The van der Waals surface area contributed by atoms with E-state index in [1.54, 1.807) is 4.90 Å². The Balaban J connectivity index is 0.000000463. The number of nitrogens with zero attached hydrogens (tertiary/aromatic N) is 1. The van der Waals surface area contributed by atoms with Crippen molar-refractivity contribution in [3.05, 3.63) is 29.3 Å². The van der Waals surface area contributed by atoms with E-state index in [0.717, 1.165) is 16.8 Å². The van der Waals surface area contributed by atoms with Crippen LogP contribution < -0.4 is 4.90 Å². The molecule has 1 aliphatic heterocycles. The first-order valence-corrected chi connectivity index (χ1v) is 8.18. The van der Waals surface area contributed by atoms with Gasteiger partial charge in [-0.15, -0.1) is 0 Å². The maximum atomic E-state index is 12.2. The first-order chi connectivity index (χ1) is 10.5. The number of benzene rings is 1. The Bertz CT molecular complexity index is 566. The van der Waals surface area contributed by atoms with Gasteiger partial charge in [-0.05, 0) is 49.3 Å². The van der Waals surface area contributed by atoms with Gasteiger partial charge in [0.05, 0.1) is 0 Å². The van der Waals surface area contributed by atoms with Crippen molar-refractivity contribution in [1.29, 1.82) is 0 Å². The quantitative estimate of drug-likeness (QED) is 0.837. The van der Waals surface area contributed by atoms with Gasteiger partial charge in [-0.3, -0.25) is 9.59 Å². The fourth-order valence-corrected chi connectivity index (χ4v) is 2.42. The van der Waals surface area contributed by atoms with Crippen LogP contribution in [-0.4, -0.2) is 23.5 Å². The third-order valence-electron chi connectivity index (χ3n) is 3.41. The molecule has 0 saturated carbocycles. The number of anilines is 1. The van der Waals surface area contributed by atoms with E-state index in [1.807, 2.05) is 32.0 Å². The van der Waals surface area contributed by atoms with E-state index in [2.05, 4.69) is 27.7 Å². The fraction of sp³-hybridized carbons (Fsp3) is 0.579. The Morgan fingerprint density at radius 2 is 1.87 bits per heavy atom. The normalized spacial score (nSPS) is 17.7. The lowest BCUT2D eigenvalue weighted by Gasteiger charge is -2.23. The predicted molar refractivity (Wildman–Crippen MR) is 93.8 cm³/mol. The Kier molecular flexibility index (Phi) is 6.37. The van der Waals surface area contributed by atoms with Crippen LogP contribution in [0.25, 0.3) is 0 Å². The highest BCUT2D eigenvalue weighted by Gasteiger charge is 2.34. The molecular weight excluding hydrogens is 290 g/mol. The number of carboxylic acids is 1. The molecule has 1 atom stereocenters. The van der Waals surface area contributed by atoms with Gasteiger partial charge >= 0.3 is 5.97 Å². The zero-order valence-electron chi connectivity index (χ0n) is 15.1. The second-order valence-electron chi connectivity index (χ2n) is 7.64. The summed E-state index contributed by atoms with van der Waals surface area (Å²) in [6.45, 7) is 13.1. The number of carbonyl (C=O) groups excluding carboxylic acids is 1. The van der Waals surface area contributed by atoms with Gasteiger partial charge in [0.1, 0.15) is 5.92 Å². The third-order valence-corrected chi connectivity index (χ3v) is 3.41. The van der Waals surface area contributed by atoms with Crippen molar-refractivity contribution >= 4 is 17.6 Å². The van der Waals surface area contributed by atoms with Gasteiger partial charge in [0.25, 0.3) is 0 Å². The van der Waals surface area contributed by atoms with Crippen molar-refractivity contribution in [2.75, 3.05) is 11.4 Å². The summed E-state index contributed by atoms with van der Waals surface area (Å²) >= 11 is 0. The summed E-state index contributed by atoms with van der Waals surface area (Å²) in [5.41, 5.74) is 3.50. The molecule has 1 aliphatic rings. The topological polar surface area (TPSA) is 57.6 Å². The molecular formula is C19H29NO3. The number of amides is 1. The van der Waals surface area contributed by atoms with Crippen molar-refractivity contribution in [2.45, 2.75) is 54.4 Å². The van der Waals surface area contributed by atoms with Crippen molar-refractivity contribution < 1.29 is 14.7 Å². The smallest absolute Gasteiger partial charge is 0.316 e. The highest BCUT2D eigenvalue weighted by atomic mass is 16.4. The lowest BCUT2D eigenvalue weighted by atomic mass is 10.0. The molecule has 1 aromatic carbocycles. The standard InChI is InChI=1S/C14H17NO3.C5H12/c1-3-15-12-8-9(2)4-5-10(12)6-7-11(13(15)16)14(17)18;1-5(2,3)4/h4-5,8,11H,3,6-7H2,1-2H3,(H,17,18);1-4H3. The molecule has 4 heteroatoms. The highest BCUT2D eigenvalue weighted by Crippen LogP contribution is 2.30. The van der Waals surface area contributed by atoms with Gasteiger partial charge in [-0.1, -0.05) is 39.8 Å². The Labute approximate surface area is 139 Å². The molecule has 1 unspecified atom stereocenters. The minimum absolute atomic E-state index is 0.297. The first kappa shape index (κ1) is 19.2. The van der Waals surface area contributed by atoms with Gasteiger partial charge in [-0.25, -0.2) is 0 Å². The molecule has 1 N–H and O–H groups in total. The van der Waals surface area contributed by atoms with Crippen LogP contribution in [0.15, 0.2) is 18.2 Å². The molecule has 0 radical (unpaired) electrons. The van der Waals surface area contributed by atoms with E-state index in [0.29, 0.717) is 24.8 Å². The average Bonchev–Trinajstić information content (AvgIpc) is 2.52. The molecule has 23 heavy (non-hydrogen) atoms. The second-order valence-corrected chi connectivity index (χ2v) is 7.64. The first-order valence-electron chi connectivity index (χ1n) is 8.18. The van der Waals surface area contributed by atoms with Gasteiger partial charge in [0.2, 0.25) is 5.91 Å². The monoisotopic (exact) mass is 319 g/mol. The van der Waals surface area contributed by atoms with Gasteiger partial charge in [0.15, 0.2) is 0 Å². The minimum atomic E-state index is -1.03. The zero-order chi connectivity index (χ0) is 17.8. The summed E-state index contributed by atoms with van der Waals surface area (Å²) in [6.07, 6.45) is 1.01. The van der Waals surface area contributed by atoms with Crippen molar-refractivity contribution in [3.63, 3.8) is 0 Å².